The van der Waals surface area contributed by atoms with Crippen LogP contribution in [0, 0.1) is 0 Å². The third-order valence-electron chi connectivity index (χ3n) is 12.5. The van der Waals surface area contributed by atoms with Gasteiger partial charge in [-0.25, -0.2) is 15.0 Å². The molecule has 0 unspecified atom stereocenters. The summed E-state index contributed by atoms with van der Waals surface area (Å²) in [6.45, 7) is 0. The number of furan rings is 1. The molecule has 0 spiro atoms. The summed E-state index contributed by atoms with van der Waals surface area (Å²) in [5.41, 5.74) is 11.3. The van der Waals surface area contributed by atoms with Gasteiger partial charge in [0.2, 0.25) is 0 Å². The van der Waals surface area contributed by atoms with E-state index in [0.29, 0.717) is 34.9 Å². The maximum atomic E-state index is 7.04. The van der Waals surface area contributed by atoms with Crippen molar-refractivity contribution in [2.45, 2.75) is 76.0 Å². The van der Waals surface area contributed by atoms with E-state index in [1.54, 1.807) is 0 Å². The number of benzene rings is 5. The Morgan fingerprint density at radius 3 is 1.61 bits per heavy atom. The normalized spacial score (nSPS) is 15.7. The molecule has 2 saturated carbocycles. The molecule has 0 aliphatic heterocycles. The highest BCUT2D eigenvalue weighted by atomic mass is 16.3. The molecular formula is C50H43N5O. The molecule has 0 radical (unpaired) electrons. The summed E-state index contributed by atoms with van der Waals surface area (Å²) in [6.07, 6.45) is 15.1. The van der Waals surface area contributed by atoms with E-state index in [1.165, 1.54) is 97.1 Å². The van der Waals surface area contributed by atoms with E-state index in [9.17, 15) is 0 Å². The maximum absolute atomic E-state index is 7.04. The molecule has 6 nitrogen and oxygen atoms in total. The Hall–Kier alpha value is -6.14. The zero-order valence-electron chi connectivity index (χ0n) is 31.5. The van der Waals surface area contributed by atoms with E-state index >= 15 is 0 Å². The molecule has 0 amide bonds. The summed E-state index contributed by atoms with van der Waals surface area (Å²) in [5, 5.41) is 3.59. The Labute approximate surface area is 326 Å². The Morgan fingerprint density at radius 1 is 0.482 bits per heavy atom. The monoisotopic (exact) mass is 729 g/mol. The van der Waals surface area contributed by atoms with Crippen LogP contribution in [0.2, 0.25) is 0 Å². The number of hydrogen-bond donors (Lipinski definition) is 0. The van der Waals surface area contributed by atoms with Gasteiger partial charge in [-0.3, -0.25) is 4.98 Å². The molecule has 0 atom stereocenters. The van der Waals surface area contributed by atoms with Crippen LogP contribution in [0.3, 0.4) is 0 Å². The molecule has 9 aromatic rings. The Kier molecular flexibility index (Phi) is 8.22. The number of para-hydroxylation sites is 1. The van der Waals surface area contributed by atoms with E-state index < -0.39 is 0 Å². The van der Waals surface area contributed by atoms with Crippen LogP contribution in [0.15, 0.2) is 132 Å². The van der Waals surface area contributed by atoms with Crippen molar-refractivity contribution in [3.05, 3.63) is 139 Å². The predicted molar refractivity (Wildman–Crippen MR) is 227 cm³/mol. The Bertz CT molecular complexity index is 2750. The van der Waals surface area contributed by atoms with Crippen molar-refractivity contribution in [3.63, 3.8) is 0 Å². The third-order valence-corrected chi connectivity index (χ3v) is 12.5. The van der Waals surface area contributed by atoms with E-state index in [1.807, 2.05) is 72.9 Å². The molecule has 2 aliphatic rings. The summed E-state index contributed by atoms with van der Waals surface area (Å²) in [7, 11) is 0. The van der Waals surface area contributed by atoms with Gasteiger partial charge in [-0.05, 0) is 91.1 Å². The van der Waals surface area contributed by atoms with Gasteiger partial charge < -0.3 is 8.98 Å². The molecule has 2 aliphatic carbocycles. The molecule has 4 aromatic heterocycles. The molecule has 0 bridgehead atoms. The topological polar surface area (TPSA) is 69.6 Å². The van der Waals surface area contributed by atoms with Gasteiger partial charge in [0.1, 0.15) is 11.1 Å². The van der Waals surface area contributed by atoms with Crippen LogP contribution in [0.25, 0.3) is 83.7 Å². The highest BCUT2D eigenvalue weighted by molar-refractivity contribution is 6.13. The molecule has 5 aromatic carbocycles. The van der Waals surface area contributed by atoms with Crippen molar-refractivity contribution >= 4 is 43.9 Å². The summed E-state index contributed by atoms with van der Waals surface area (Å²) >= 11 is 0. The van der Waals surface area contributed by atoms with Crippen molar-refractivity contribution < 1.29 is 4.42 Å². The van der Waals surface area contributed by atoms with Gasteiger partial charge in [0.15, 0.2) is 23.1 Å². The minimum Gasteiger partial charge on any atom is -0.451 e. The summed E-state index contributed by atoms with van der Waals surface area (Å²) in [4.78, 5) is 20.0. The van der Waals surface area contributed by atoms with Gasteiger partial charge in [-0.15, -0.1) is 0 Å². The third kappa shape index (κ3) is 5.69. The quantitative estimate of drug-likeness (QED) is 0.170. The fourth-order valence-electron chi connectivity index (χ4n) is 9.64. The molecular weight excluding hydrogens is 687 g/mol. The summed E-state index contributed by atoms with van der Waals surface area (Å²) in [5.74, 6) is 3.06. The molecule has 11 rings (SSSR count). The summed E-state index contributed by atoms with van der Waals surface area (Å²) < 4.78 is 9.45. The highest BCUT2D eigenvalue weighted by Crippen LogP contribution is 2.43. The van der Waals surface area contributed by atoms with Crippen LogP contribution in [-0.4, -0.2) is 24.5 Å². The van der Waals surface area contributed by atoms with Crippen LogP contribution >= 0.6 is 0 Å². The standard InChI is InChI=1S/C50H43N5O/c1-5-14-32(15-6-1)36-24-26-42-40(30-36)41-31-37(33-16-7-2-8-17-33)25-27-43(41)55(42)44-28-29-51-45-38-22-13-23-39(46(38)56-47(44)45)50-53-48(34-18-9-3-10-19-34)52-49(54-50)35-20-11-4-12-21-35/h3-4,9-13,18-33H,1-2,5-8,14-17H2. The number of hydrogen-bond acceptors (Lipinski definition) is 5. The number of nitrogens with zero attached hydrogens (tertiary/aromatic N) is 5. The lowest BCUT2D eigenvalue weighted by molar-refractivity contribution is 0.444. The van der Waals surface area contributed by atoms with Crippen molar-refractivity contribution in [2.75, 3.05) is 0 Å². The zero-order valence-corrected chi connectivity index (χ0v) is 31.5. The maximum Gasteiger partial charge on any atom is 0.177 e. The Balaban J connectivity index is 1.12. The number of aromatic nitrogens is 5. The summed E-state index contributed by atoms with van der Waals surface area (Å²) in [6, 6.07) is 43.0. The second-order valence-electron chi connectivity index (χ2n) is 15.9. The van der Waals surface area contributed by atoms with Gasteiger partial charge in [0.05, 0.1) is 22.3 Å². The lowest BCUT2D eigenvalue weighted by Gasteiger charge is -2.22. The van der Waals surface area contributed by atoms with E-state index in [2.05, 4.69) is 59.2 Å². The first-order chi connectivity index (χ1) is 27.8. The zero-order chi connectivity index (χ0) is 37.0. The molecule has 4 heterocycles. The second kappa shape index (κ2) is 13.9. The second-order valence-corrected chi connectivity index (χ2v) is 15.9. The molecule has 0 N–H and O–H groups in total. The minimum absolute atomic E-state index is 0.561. The van der Waals surface area contributed by atoms with Gasteiger partial charge in [-0.1, -0.05) is 117 Å². The molecule has 6 heteroatoms. The Morgan fingerprint density at radius 2 is 1.04 bits per heavy atom. The predicted octanol–water partition coefficient (Wildman–Crippen LogP) is 13.4. The average Bonchev–Trinajstić information content (AvgIpc) is 3.83. The van der Waals surface area contributed by atoms with Crippen LogP contribution in [0.1, 0.15) is 87.2 Å². The van der Waals surface area contributed by atoms with E-state index in [4.69, 9.17) is 24.4 Å². The van der Waals surface area contributed by atoms with E-state index in [-0.39, 0.29) is 0 Å². The number of rotatable bonds is 6. The van der Waals surface area contributed by atoms with Crippen LogP contribution in [-0.2, 0) is 0 Å². The minimum atomic E-state index is 0.561. The molecule has 274 valence electrons. The van der Waals surface area contributed by atoms with Gasteiger partial charge >= 0.3 is 0 Å². The average molecular weight is 730 g/mol. The van der Waals surface area contributed by atoms with Crippen molar-refractivity contribution in [3.8, 4) is 39.9 Å². The first kappa shape index (κ1) is 33.2. The fraction of sp³-hybridized carbons (Fsp3) is 0.240. The van der Waals surface area contributed by atoms with Crippen molar-refractivity contribution in [2.24, 2.45) is 0 Å². The van der Waals surface area contributed by atoms with E-state index in [0.717, 1.165) is 38.9 Å². The van der Waals surface area contributed by atoms with Gasteiger partial charge in [0.25, 0.3) is 0 Å². The molecule has 0 saturated heterocycles. The smallest absolute Gasteiger partial charge is 0.177 e. The lowest BCUT2D eigenvalue weighted by Crippen LogP contribution is -2.04. The van der Waals surface area contributed by atoms with Crippen molar-refractivity contribution in [1.29, 1.82) is 0 Å². The first-order valence-electron chi connectivity index (χ1n) is 20.5. The largest absolute Gasteiger partial charge is 0.451 e. The van der Waals surface area contributed by atoms with Gasteiger partial charge in [0, 0.05) is 33.5 Å². The van der Waals surface area contributed by atoms with Gasteiger partial charge in [-0.2, -0.15) is 0 Å². The molecule has 56 heavy (non-hydrogen) atoms. The van der Waals surface area contributed by atoms with Crippen LogP contribution < -0.4 is 0 Å². The highest BCUT2D eigenvalue weighted by Gasteiger charge is 2.24. The van der Waals surface area contributed by atoms with Crippen LogP contribution in [0.5, 0.6) is 0 Å². The number of pyridine rings is 1. The first-order valence-corrected chi connectivity index (χ1v) is 20.5. The van der Waals surface area contributed by atoms with Crippen LogP contribution in [0.4, 0.5) is 0 Å². The SMILES string of the molecule is c1ccc(-c2nc(-c3ccccc3)nc(-c3cccc4c3oc3c(-n5c6ccc(C7CCCCC7)cc6c6cc(C7CCCCC7)ccc65)ccnc34)n2)cc1. The molecule has 2 fully saturated rings. The van der Waals surface area contributed by atoms with Crippen molar-refractivity contribution in [1.82, 2.24) is 24.5 Å². The fourth-order valence-corrected chi connectivity index (χ4v) is 9.64. The lowest BCUT2D eigenvalue weighted by atomic mass is 9.83. The number of fused-ring (bicyclic) bond motifs is 6.